The number of nitrogens with zero attached hydrogens (tertiary/aromatic N) is 2. The zero-order valence-corrected chi connectivity index (χ0v) is 14.1. The summed E-state index contributed by atoms with van der Waals surface area (Å²) in [6.07, 6.45) is 0. The van der Waals surface area contributed by atoms with E-state index in [2.05, 4.69) is 10.4 Å². The molecule has 2 rings (SSSR count). The standard InChI is InChI=1S/C17H21F2N3O2/c1-10(2)14-8-15(22(4)21-14)16(23)20-9-17(3,24)12-6-5-11(18)7-13(12)19/h5-8,10,24H,9H2,1-4H3,(H,20,23). The lowest BCUT2D eigenvalue weighted by Crippen LogP contribution is -2.39. The molecule has 130 valence electrons. The van der Waals surface area contributed by atoms with Gasteiger partial charge in [-0.05, 0) is 25.0 Å². The Labute approximate surface area is 139 Å². The summed E-state index contributed by atoms with van der Waals surface area (Å²) >= 11 is 0. The summed E-state index contributed by atoms with van der Waals surface area (Å²) in [5.74, 6) is -1.85. The van der Waals surface area contributed by atoms with Gasteiger partial charge in [-0.3, -0.25) is 9.48 Å². The Morgan fingerprint density at radius 2 is 2.04 bits per heavy atom. The van der Waals surface area contributed by atoms with Crippen molar-refractivity contribution < 1.29 is 18.7 Å². The second kappa shape index (κ2) is 6.68. The Hall–Kier alpha value is -2.28. The normalized spacial score (nSPS) is 13.8. The number of halogens is 2. The molecular weight excluding hydrogens is 316 g/mol. The second-order valence-corrected chi connectivity index (χ2v) is 6.31. The minimum atomic E-state index is -1.67. The molecule has 1 aromatic carbocycles. The van der Waals surface area contributed by atoms with E-state index < -0.39 is 23.1 Å². The van der Waals surface area contributed by atoms with Gasteiger partial charge in [0.1, 0.15) is 22.9 Å². The van der Waals surface area contributed by atoms with Crippen LogP contribution in [0.25, 0.3) is 0 Å². The van der Waals surface area contributed by atoms with Crippen molar-refractivity contribution >= 4 is 5.91 Å². The number of nitrogens with one attached hydrogen (secondary N) is 1. The molecule has 0 saturated carbocycles. The van der Waals surface area contributed by atoms with Gasteiger partial charge in [0.25, 0.3) is 5.91 Å². The van der Waals surface area contributed by atoms with E-state index in [1.54, 1.807) is 13.1 Å². The molecule has 0 bridgehead atoms. The average molecular weight is 337 g/mol. The molecule has 0 fully saturated rings. The van der Waals surface area contributed by atoms with E-state index in [0.29, 0.717) is 11.8 Å². The third-order valence-electron chi connectivity index (χ3n) is 3.83. The van der Waals surface area contributed by atoms with Gasteiger partial charge in [-0.25, -0.2) is 8.78 Å². The van der Waals surface area contributed by atoms with Gasteiger partial charge < -0.3 is 10.4 Å². The Morgan fingerprint density at radius 1 is 1.38 bits per heavy atom. The number of aryl methyl sites for hydroxylation is 1. The topological polar surface area (TPSA) is 67.2 Å². The maximum atomic E-state index is 13.8. The van der Waals surface area contributed by atoms with Crippen molar-refractivity contribution in [2.75, 3.05) is 6.54 Å². The van der Waals surface area contributed by atoms with Gasteiger partial charge in [-0.1, -0.05) is 19.9 Å². The van der Waals surface area contributed by atoms with Crippen LogP contribution < -0.4 is 5.32 Å². The van der Waals surface area contributed by atoms with E-state index in [4.69, 9.17) is 0 Å². The first kappa shape index (κ1) is 18.1. The summed E-state index contributed by atoms with van der Waals surface area (Å²) in [6, 6.07) is 4.59. The second-order valence-electron chi connectivity index (χ2n) is 6.31. The molecule has 7 heteroatoms. The molecule has 2 N–H and O–H groups in total. The molecule has 0 radical (unpaired) electrons. The fourth-order valence-electron chi connectivity index (χ4n) is 2.35. The summed E-state index contributed by atoms with van der Waals surface area (Å²) < 4.78 is 28.3. The summed E-state index contributed by atoms with van der Waals surface area (Å²) in [4.78, 5) is 12.3. The summed E-state index contributed by atoms with van der Waals surface area (Å²) in [6.45, 7) is 5.06. The highest BCUT2D eigenvalue weighted by molar-refractivity contribution is 5.92. The third-order valence-corrected chi connectivity index (χ3v) is 3.83. The minimum absolute atomic E-state index is 0.0860. The molecule has 2 aromatic rings. The van der Waals surface area contributed by atoms with Crippen molar-refractivity contribution in [2.45, 2.75) is 32.3 Å². The third kappa shape index (κ3) is 3.79. The SMILES string of the molecule is CC(C)c1cc(C(=O)NCC(C)(O)c2ccc(F)cc2F)n(C)n1. The largest absolute Gasteiger partial charge is 0.383 e. The first-order valence-corrected chi connectivity index (χ1v) is 7.62. The van der Waals surface area contributed by atoms with Crippen LogP contribution in [0.5, 0.6) is 0 Å². The molecule has 0 spiro atoms. The molecule has 1 amide bonds. The van der Waals surface area contributed by atoms with Gasteiger partial charge in [-0.15, -0.1) is 0 Å². The molecule has 1 unspecified atom stereocenters. The monoisotopic (exact) mass is 337 g/mol. The average Bonchev–Trinajstić information content (AvgIpc) is 2.87. The van der Waals surface area contributed by atoms with E-state index in [1.807, 2.05) is 13.8 Å². The molecule has 24 heavy (non-hydrogen) atoms. The Kier molecular flexibility index (Phi) is 5.03. The minimum Gasteiger partial charge on any atom is -0.383 e. The number of hydrogen-bond donors (Lipinski definition) is 2. The van der Waals surface area contributed by atoms with Crippen LogP contribution >= 0.6 is 0 Å². The van der Waals surface area contributed by atoms with Crippen molar-refractivity contribution in [3.05, 3.63) is 52.9 Å². The number of aliphatic hydroxyl groups is 1. The molecule has 1 heterocycles. The van der Waals surface area contributed by atoms with Crippen LogP contribution in [0.3, 0.4) is 0 Å². The fraction of sp³-hybridized carbons (Fsp3) is 0.412. The van der Waals surface area contributed by atoms with Crippen LogP contribution in [-0.2, 0) is 12.6 Å². The molecule has 5 nitrogen and oxygen atoms in total. The maximum absolute atomic E-state index is 13.8. The van der Waals surface area contributed by atoms with Gasteiger partial charge in [0.2, 0.25) is 0 Å². The van der Waals surface area contributed by atoms with E-state index >= 15 is 0 Å². The van der Waals surface area contributed by atoms with E-state index in [-0.39, 0.29) is 18.0 Å². The lowest BCUT2D eigenvalue weighted by Gasteiger charge is -2.24. The highest BCUT2D eigenvalue weighted by Crippen LogP contribution is 2.23. The number of hydrogen-bond acceptors (Lipinski definition) is 3. The molecule has 1 aromatic heterocycles. The molecule has 0 aliphatic heterocycles. The zero-order chi connectivity index (χ0) is 18.1. The molecular formula is C17H21F2N3O2. The smallest absolute Gasteiger partial charge is 0.269 e. The highest BCUT2D eigenvalue weighted by Gasteiger charge is 2.28. The van der Waals surface area contributed by atoms with Crippen LogP contribution in [0, 0.1) is 11.6 Å². The lowest BCUT2D eigenvalue weighted by molar-refractivity contribution is 0.0492. The van der Waals surface area contributed by atoms with Crippen molar-refractivity contribution in [3.8, 4) is 0 Å². The summed E-state index contributed by atoms with van der Waals surface area (Å²) in [7, 11) is 1.65. The van der Waals surface area contributed by atoms with E-state index in [9.17, 15) is 18.7 Å². The molecule has 0 saturated heterocycles. The van der Waals surface area contributed by atoms with Crippen LogP contribution in [0.2, 0.25) is 0 Å². The van der Waals surface area contributed by atoms with Crippen LogP contribution in [0.15, 0.2) is 24.3 Å². The lowest BCUT2D eigenvalue weighted by atomic mass is 9.95. The van der Waals surface area contributed by atoms with Crippen molar-refractivity contribution in [2.24, 2.45) is 7.05 Å². The Bertz CT molecular complexity index is 754. The van der Waals surface area contributed by atoms with Crippen LogP contribution in [-0.4, -0.2) is 27.3 Å². The highest BCUT2D eigenvalue weighted by atomic mass is 19.1. The van der Waals surface area contributed by atoms with E-state index in [0.717, 1.165) is 17.8 Å². The van der Waals surface area contributed by atoms with Crippen molar-refractivity contribution in [1.29, 1.82) is 0 Å². The molecule has 0 aliphatic rings. The maximum Gasteiger partial charge on any atom is 0.269 e. The summed E-state index contributed by atoms with van der Waals surface area (Å²) in [5, 5.41) is 17.2. The predicted octanol–water partition coefficient (Wildman–Crippen LogP) is 2.46. The van der Waals surface area contributed by atoms with Crippen LogP contribution in [0.4, 0.5) is 8.78 Å². The van der Waals surface area contributed by atoms with Gasteiger partial charge in [0, 0.05) is 18.7 Å². The Morgan fingerprint density at radius 3 is 2.58 bits per heavy atom. The number of carbonyl (C=O) groups excluding carboxylic acids is 1. The zero-order valence-electron chi connectivity index (χ0n) is 14.1. The molecule has 0 aliphatic carbocycles. The first-order valence-electron chi connectivity index (χ1n) is 7.62. The first-order chi connectivity index (χ1) is 11.1. The molecule has 1 atom stereocenters. The van der Waals surface area contributed by atoms with Gasteiger partial charge in [-0.2, -0.15) is 5.10 Å². The van der Waals surface area contributed by atoms with Gasteiger partial charge >= 0.3 is 0 Å². The number of benzene rings is 1. The quantitative estimate of drug-likeness (QED) is 0.881. The van der Waals surface area contributed by atoms with E-state index in [1.165, 1.54) is 11.6 Å². The number of rotatable bonds is 5. The number of carbonyl (C=O) groups is 1. The van der Waals surface area contributed by atoms with Crippen LogP contribution in [0.1, 0.15) is 48.4 Å². The fourth-order valence-corrected chi connectivity index (χ4v) is 2.35. The predicted molar refractivity (Wildman–Crippen MR) is 85.6 cm³/mol. The van der Waals surface area contributed by atoms with Gasteiger partial charge in [0.05, 0.1) is 12.2 Å². The van der Waals surface area contributed by atoms with Crippen molar-refractivity contribution in [3.63, 3.8) is 0 Å². The number of amides is 1. The van der Waals surface area contributed by atoms with Crippen molar-refractivity contribution in [1.82, 2.24) is 15.1 Å². The summed E-state index contributed by atoms with van der Waals surface area (Å²) in [5.41, 5.74) is -0.641. The Balaban J connectivity index is 2.12. The number of aromatic nitrogens is 2. The van der Waals surface area contributed by atoms with Gasteiger partial charge in [0.15, 0.2) is 0 Å².